The highest BCUT2D eigenvalue weighted by atomic mass is 32.2. The molecule has 0 aliphatic heterocycles. The Morgan fingerprint density at radius 2 is 2.07 bits per heavy atom. The maximum atomic E-state index is 5.57. The van der Waals surface area contributed by atoms with E-state index in [1.54, 1.807) is 13.1 Å². The van der Waals surface area contributed by atoms with Gasteiger partial charge in [0.1, 0.15) is 0 Å². The van der Waals surface area contributed by atoms with Gasteiger partial charge in [0.25, 0.3) is 0 Å². The minimum atomic E-state index is 0.404. The van der Waals surface area contributed by atoms with Crippen molar-refractivity contribution in [2.75, 3.05) is 0 Å². The quantitative estimate of drug-likeness (QED) is 0.330. The maximum Gasteiger partial charge on any atom is 0.203 e. The third-order valence-corrected chi connectivity index (χ3v) is 2.59. The molecule has 78 valence electrons. The Hall–Kier alpha value is -0.840. The van der Waals surface area contributed by atoms with Crippen LogP contribution in [0.3, 0.4) is 0 Å². The topological polar surface area (TPSA) is 63.1 Å². The third kappa shape index (κ3) is 4.41. The summed E-state index contributed by atoms with van der Waals surface area (Å²) in [5, 5.41) is 7.83. The first kappa shape index (κ1) is 11.2. The summed E-state index contributed by atoms with van der Waals surface area (Å²) in [6.07, 6.45) is 7.65. The second-order valence-corrected chi connectivity index (χ2v) is 3.90. The molecule has 1 saturated carbocycles. The lowest BCUT2D eigenvalue weighted by molar-refractivity contribution is 0.668. The first-order valence-electron chi connectivity index (χ1n) is 4.87. The lowest BCUT2D eigenvalue weighted by atomic mass is 9.99. The van der Waals surface area contributed by atoms with Crippen LogP contribution in [-0.4, -0.2) is 17.1 Å². The normalized spacial score (nSPS) is 18.9. The van der Waals surface area contributed by atoms with Crippen molar-refractivity contribution >= 4 is 29.0 Å². The lowest BCUT2D eigenvalue weighted by Crippen LogP contribution is -2.07. The van der Waals surface area contributed by atoms with Gasteiger partial charge in [0.05, 0.1) is 11.9 Å². The predicted octanol–water partition coefficient (Wildman–Crippen LogP) is 2.36. The van der Waals surface area contributed by atoms with Crippen molar-refractivity contribution in [3.05, 3.63) is 0 Å². The van der Waals surface area contributed by atoms with Gasteiger partial charge < -0.3 is 5.73 Å². The molecule has 0 aromatic rings. The molecule has 0 bridgehead atoms. The van der Waals surface area contributed by atoms with Gasteiger partial charge in [-0.2, -0.15) is 5.10 Å². The van der Waals surface area contributed by atoms with E-state index in [0.29, 0.717) is 5.17 Å². The molecule has 0 aromatic carbocycles. The fourth-order valence-corrected chi connectivity index (χ4v) is 1.78. The van der Waals surface area contributed by atoms with Crippen LogP contribution in [0.2, 0.25) is 0 Å². The van der Waals surface area contributed by atoms with Crippen molar-refractivity contribution in [3.63, 3.8) is 0 Å². The van der Waals surface area contributed by atoms with E-state index in [0.717, 1.165) is 12.8 Å². The van der Waals surface area contributed by atoms with Crippen LogP contribution < -0.4 is 5.73 Å². The number of nitrogens with zero attached hydrogens (tertiary/aromatic N) is 3. The Labute approximate surface area is 88.9 Å². The molecule has 2 N–H and O–H groups in total. The largest absolute Gasteiger partial charge is 0.375 e. The second kappa shape index (κ2) is 6.59. The van der Waals surface area contributed by atoms with Crippen molar-refractivity contribution in [1.29, 1.82) is 0 Å². The van der Waals surface area contributed by atoms with Crippen molar-refractivity contribution in [2.24, 2.45) is 20.3 Å². The summed E-state index contributed by atoms with van der Waals surface area (Å²) in [4.78, 5) is 0. The molecular weight excluding hydrogens is 196 g/mol. The van der Waals surface area contributed by atoms with Gasteiger partial charge in [0.2, 0.25) is 5.17 Å². The van der Waals surface area contributed by atoms with Crippen molar-refractivity contribution in [3.8, 4) is 0 Å². The zero-order chi connectivity index (χ0) is 10.2. The van der Waals surface area contributed by atoms with Crippen LogP contribution in [-0.2, 0) is 0 Å². The molecular formula is C9H16N4S. The fraction of sp³-hybridized carbons (Fsp3) is 0.667. The first-order chi connectivity index (χ1) is 6.83. The Balaban J connectivity index is 2.36. The zero-order valence-electron chi connectivity index (χ0n) is 8.44. The Kier molecular flexibility index (Phi) is 5.29. The minimum Gasteiger partial charge on any atom is -0.375 e. The summed E-state index contributed by atoms with van der Waals surface area (Å²) in [5.41, 5.74) is 6.82. The number of nitrogens with two attached hydrogens (primary N) is 1. The van der Waals surface area contributed by atoms with Crippen LogP contribution in [0.5, 0.6) is 0 Å². The summed E-state index contributed by atoms with van der Waals surface area (Å²) in [6.45, 7) is 1.80. The van der Waals surface area contributed by atoms with Gasteiger partial charge in [0, 0.05) is 11.9 Å². The van der Waals surface area contributed by atoms with E-state index in [2.05, 4.69) is 14.6 Å². The van der Waals surface area contributed by atoms with E-state index in [1.165, 1.54) is 36.9 Å². The number of hydrogen-bond donors (Lipinski definition) is 1. The van der Waals surface area contributed by atoms with Crippen molar-refractivity contribution in [1.82, 2.24) is 0 Å². The van der Waals surface area contributed by atoms with E-state index in [1.807, 2.05) is 0 Å². The van der Waals surface area contributed by atoms with Gasteiger partial charge in [-0.3, -0.25) is 0 Å². The average molecular weight is 212 g/mol. The van der Waals surface area contributed by atoms with Crippen molar-refractivity contribution < 1.29 is 0 Å². The summed E-state index contributed by atoms with van der Waals surface area (Å²) in [7, 11) is 0. The molecule has 0 unspecified atom stereocenters. The molecule has 1 fully saturated rings. The highest BCUT2D eigenvalue weighted by Crippen LogP contribution is 2.17. The second-order valence-electron chi connectivity index (χ2n) is 3.12. The summed E-state index contributed by atoms with van der Waals surface area (Å²) >= 11 is 1.22. The van der Waals surface area contributed by atoms with Gasteiger partial charge in [0.15, 0.2) is 0 Å². The Bertz CT molecular complexity index is 250. The summed E-state index contributed by atoms with van der Waals surface area (Å²) in [5.74, 6) is 0. The van der Waals surface area contributed by atoms with E-state index in [4.69, 9.17) is 5.73 Å². The smallest absolute Gasteiger partial charge is 0.203 e. The van der Waals surface area contributed by atoms with Gasteiger partial charge in [-0.25, -0.2) is 4.40 Å². The lowest BCUT2D eigenvalue weighted by Gasteiger charge is -2.10. The summed E-state index contributed by atoms with van der Waals surface area (Å²) in [6, 6.07) is 0. The maximum absolute atomic E-state index is 5.57. The molecule has 0 aromatic heterocycles. The van der Waals surface area contributed by atoms with Crippen LogP contribution in [0.15, 0.2) is 14.6 Å². The summed E-state index contributed by atoms with van der Waals surface area (Å²) < 4.78 is 4.34. The molecule has 0 saturated heterocycles. The van der Waals surface area contributed by atoms with Gasteiger partial charge in [-0.05, 0) is 32.6 Å². The third-order valence-electron chi connectivity index (χ3n) is 1.97. The average Bonchev–Trinajstić information content (AvgIpc) is 2.25. The van der Waals surface area contributed by atoms with Crippen LogP contribution >= 0.6 is 11.9 Å². The molecule has 14 heavy (non-hydrogen) atoms. The first-order valence-corrected chi connectivity index (χ1v) is 5.64. The van der Waals surface area contributed by atoms with Crippen LogP contribution in [0.1, 0.15) is 39.0 Å². The monoisotopic (exact) mass is 212 g/mol. The predicted molar refractivity (Wildman–Crippen MR) is 63.9 cm³/mol. The molecule has 0 spiro atoms. The van der Waals surface area contributed by atoms with Gasteiger partial charge >= 0.3 is 0 Å². The molecule has 0 radical (unpaired) electrons. The molecule has 5 heteroatoms. The Morgan fingerprint density at radius 3 is 2.71 bits per heavy atom. The highest BCUT2D eigenvalue weighted by molar-refractivity contribution is 8.12. The van der Waals surface area contributed by atoms with Crippen LogP contribution in [0.4, 0.5) is 0 Å². The van der Waals surface area contributed by atoms with Gasteiger partial charge in [-0.1, -0.05) is 6.42 Å². The van der Waals surface area contributed by atoms with E-state index in [9.17, 15) is 0 Å². The standard InChI is InChI=1S/C9H16N4S/c1-2-11-12-9(10)14-13-8-6-4-3-5-7-8/h2H,3-7H2,1H3,(H2,10,12)/b11-2+. The minimum absolute atomic E-state index is 0.404. The van der Waals surface area contributed by atoms with E-state index < -0.39 is 0 Å². The van der Waals surface area contributed by atoms with Crippen LogP contribution in [0.25, 0.3) is 0 Å². The van der Waals surface area contributed by atoms with Crippen LogP contribution in [0, 0.1) is 0 Å². The molecule has 0 heterocycles. The highest BCUT2D eigenvalue weighted by Gasteiger charge is 2.06. The number of rotatable bonds is 2. The molecule has 0 amide bonds. The van der Waals surface area contributed by atoms with Gasteiger partial charge in [-0.15, -0.1) is 5.10 Å². The molecule has 1 aliphatic carbocycles. The molecule has 1 aliphatic rings. The zero-order valence-corrected chi connectivity index (χ0v) is 9.26. The molecule has 0 atom stereocenters. The molecule has 1 rings (SSSR count). The SMILES string of the molecule is C/C=N/N=C(\N)SN=C1CCCCC1. The van der Waals surface area contributed by atoms with E-state index >= 15 is 0 Å². The van der Waals surface area contributed by atoms with E-state index in [-0.39, 0.29) is 0 Å². The number of amidine groups is 1. The number of hydrogen-bond acceptors (Lipinski definition) is 4. The Morgan fingerprint density at radius 1 is 1.36 bits per heavy atom. The fourth-order valence-electron chi connectivity index (χ4n) is 1.30. The van der Waals surface area contributed by atoms with Crippen molar-refractivity contribution in [2.45, 2.75) is 39.0 Å². The molecule has 4 nitrogen and oxygen atoms in total.